The van der Waals surface area contributed by atoms with Gasteiger partial charge >= 0.3 is 7.82 Å². The van der Waals surface area contributed by atoms with Crippen molar-refractivity contribution in [2.24, 2.45) is 0 Å². The van der Waals surface area contributed by atoms with Gasteiger partial charge in [0.25, 0.3) is 0 Å². The molecule has 1 N–H and O–H groups in total. The minimum Gasteiger partial charge on any atom is -0.376 e. The van der Waals surface area contributed by atoms with Crippen LogP contribution in [-0.2, 0) is 9.09 Å². The number of anilines is 1. The van der Waals surface area contributed by atoms with E-state index in [4.69, 9.17) is 23.5 Å². The zero-order valence-electron chi connectivity index (χ0n) is 28.3. The van der Waals surface area contributed by atoms with Crippen molar-refractivity contribution in [1.82, 2.24) is 9.97 Å². The number of rotatable bonds is 12. The van der Waals surface area contributed by atoms with E-state index in [0.717, 1.165) is 39.1 Å². The number of benzene rings is 5. The van der Waals surface area contributed by atoms with Crippen molar-refractivity contribution in [2.45, 2.75) is 13.8 Å². The quantitative estimate of drug-likeness (QED) is 0.101. The number of nitrogens with one attached hydrogen (secondary N) is 1. The zero-order valence-corrected chi connectivity index (χ0v) is 29.2. The van der Waals surface area contributed by atoms with E-state index in [2.05, 4.69) is 5.32 Å². The molecule has 2 aromatic heterocycles. The summed E-state index contributed by atoms with van der Waals surface area (Å²) in [6, 6.07) is 53.0. The van der Waals surface area contributed by atoms with E-state index < -0.39 is 7.82 Å². The third-order valence-corrected chi connectivity index (χ3v) is 9.43. The average molecular weight is 690 g/mol. The SMILES string of the molecule is Cc1cc(-c2ccccc2)c(-c2ccccc2)c(OP(=O)(OCNc2ccccc2)Oc2nc(C)cc(-c3ccccc3)c2-c2ccccc2)n1. The van der Waals surface area contributed by atoms with Crippen LogP contribution in [0.25, 0.3) is 44.5 Å². The Kier molecular flexibility index (Phi) is 10.0. The summed E-state index contributed by atoms with van der Waals surface area (Å²) in [6.07, 6.45) is 0. The van der Waals surface area contributed by atoms with E-state index in [0.29, 0.717) is 22.5 Å². The summed E-state index contributed by atoms with van der Waals surface area (Å²) in [5, 5.41) is 3.17. The van der Waals surface area contributed by atoms with Crippen LogP contribution in [0.5, 0.6) is 11.8 Å². The highest BCUT2D eigenvalue weighted by Crippen LogP contribution is 2.54. The normalized spacial score (nSPS) is 11.2. The Balaban J connectivity index is 1.38. The molecule has 8 heteroatoms. The third kappa shape index (κ3) is 7.92. The molecule has 0 bridgehead atoms. The van der Waals surface area contributed by atoms with Gasteiger partial charge in [-0.2, -0.15) is 0 Å². The minimum atomic E-state index is -4.54. The third-order valence-electron chi connectivity index (χ3n) is 8.19. The number of aryl methyl sites for hydroxylation is 2. The van der Waals surface area contributed by atoms with Crippen LogP contribution in [0.3, 0.4) is 0 Å². The molecule has 2 heterocycles. The van der Waals surface area contributed by atoms with Crippen LogP contribution in [-0.4, -0.2) is 16.7 Å². The lowest BCUT2D eigenvalue weighted by molar-refractivity contribution is 0.218. The van der Waals surface area contributed by atoms with Gasteiger partial charge in [-0.15, -0.1) is 0 Å². The number of aromatic nitrogens is 2. The van der Waals surface area contributed by atoms with E-state index in [1.54, 1.807) is 0 Å². The smallest absolute Gasteiger partial charge is 0.376 e. The van der Waals surface area contributed by atoms with Crippen LogP contribution in [0.4, 0.5) is 5.69 Å². The Hall–Kier alpha value is -6.01. The van der Waals surface area contributed by atoms with E-state index >= 15 is 4.57 Å². The molecule has 0 aliphatic heterocycles. The number of phosphoric acid groups is 1. The Morgan fingerprint density at radius 3 is 1.25 bits per heavy atom. The molecule has 252 valence electrons. The van der Waals surface area contributed by atoms with Crippen LogP contribution in [0, 0.1) is 13.8 Å². The maximum atomic E-state index is 15.2. The molecule has 0 amide bonds. The first-order valence-corrected chi connectivity index (χ1v) is 18.1. The largest absolute Gasteiger partial charge is 0.591 e. The number of hydrogen-bond donors (Lipinski definition) is 1. The monoisotopic (exact) mass is 689 g/mol. The molecular weight excluding hydrogens is 653 g/mol. The van der Waals surface area contributed by atoms with Crippen molar-refractivity contribution in [1.29, 1.82) is 0 Å². The van der Waals surface area contributed by atoms with E-state index in [1.165, 1.54) is 0 Å². The van der Waals surface area contributed by atoms with Gasteiger partial charge in [0.05, 0.1) is 11.1 Å². The highest BCUT2D eigenvalue weighted by molar-refractivity contribution is 7.49. The van der Waals surface area contributed by atoms with Gasteiger partial charge in [-0.3, -0.25) is 0 Å². The predicted molar refractivity (Wildman–Crippen MR) is 205 cm³/mol. The summed E-state index contributed by atoms with van der Waals surface area (Å²) >= 11 is 0. The van der Waals surface area contributed by atoms with Gasteiger partial charge in [-0.05, 0) is 71.5 Å². The van der Waals surface area contributed by atoms with Crippen LogP contribution in [0.2, 0.25) is 0 Å². The molecule has 5 aromatic carbocycles. The van der Waals surface area contributed by atoms with E-state index in [-0.39, 0.29) is 18.5 Å². The molecule has 0 saturated carbocycles. The summed E-state index contributed by atoms with van der Waals surface area (Å²) in [5.41, 5.74) is 8.72. The highest BCUT2D eigenvalue weighted by Gasteiger charge is 2.36. The molecule has 0 atom stereocenters. The molecule has 0 aliphatic rings. The van der Waals surface area contributed by atoms with E-state index in [1.807, 2.05) is 178 Å². The van der Waals surface area contributed by atoms with Crippen molar-refractivity contribution >= 4 is 13.5 Å². The maximum Gasteiger partial charge on any atom is 0.591 e. The minimum absolute atomic E-state index is 0.111. The second-order valence-corrected chi connectivity index (χ2v) is 13.4. The summed E-state index contributed by atoms with van der Waals surface area (Å²) in [5.74, 6) is 0.223. The standard InChI is InChI=1S/C43H36N3O4P/c1-31-28-38(33-18-8-3-9-19-33)40(35-22-12-5-13-23-35)42(45-31)49-51(47,48-30-44-37-26-16-7-17-27-37)50-43-41(36-24-14-6-15-25-36)39(29-32(2)46-43)34-20-10-4-11-21-34/h3-29,44H,30H2,1-2H3. The van der Waals surface area contributed by atoms with Crippen molar-refractivity contribution in [2.75, 3.05) is 12.0 Å². The molecule has 0 fully saturated rings. The molecule has 7 aromatic rings. The van der Waals surface area contributed by atoms with Crippen LogP contribution in [0.15, 0.2) is 164 Å². The predicted octanol–water partition coefficient (Wildman–Crippen LogP) is 11.4. The lowest BCUT2D eigenvalue weighted by atomic mass is 9.95. The van der Waals surface area contributed by atoms with Gasteiger partial charge in [-0.25, -0.2) is 19.1 Å². The van der Waals surface area contributed by atoms with Crippen molar-refractivity contribution in [3.8, 4) is 56.3 Å². The molecule has 0 spiro atoms. The Morgan fingerprint density at radius 1 is 0.510 bits per heavy atom. The fraction of sp³-hybridized carbons (Fsp3) is 0.0698. The second kappa shape index (κ2) is 15.3. The fourth-order valence-corrected chi connectivity index (χ4v) is 6.97. The van der Waals surface area contributed by atoms with Crippen LogP contribution < -0.4 is 14.4 Å². The Morgan fingerprint density at radius 2 is 0.863 bits per heavy atom. The number of hydrogen-bond acceptors (Lipinski definition) is 7. The maximum absolute atomic E-state index is 15.2. The van der Waals surface area contributed by atoms with Crippen molar-refractivity contribution in [3.63, 3.8) is 0 Å². The zero-order chi connectivity index (χ0) is 35.0. The van der Waals surface area contributed by atoms with Crippen molar-refractivity contribution in [3.05, 3.63) is 175 Å². The van der Waals surface area contributed by atoms with E-state index in [9.17, 15) is 0 Å². The number of para-hydroxylation sites is 1. The van der Waals surface area contributed by atoms with Gasteiger partial charge in [0, 0.05) is 17.1 Å². The molecule has 7 rings (SSSR count). The lowest BCUT2D eigenvalue weighted by Gasteiger charge is -2.23. The van der Waals surface area contributed by atoms with Crippen LogP contribution >= 0.6 is 7.82 Å². The molecule has 51 heavy (non-hydrogen) atoms. The van der Waals surface area contributed by atoms with Gasteiger partial charge in [0.2, 0.25) is 11.8 Å². The first kappa shape index (κ1) is 33.5. The van der Waals surface area contributed by atoms with Gasteiger partial charge < -0.3 is 14.4 Å². The topological polar surface area (TPSA) is 82.6 Å². The lowest BCUT2D eigenvalue weighted by Crippen LogP contribution is -2.13. The molecular formula is C43H36N3O4P. The number of pyridine rings is 2. The fourth-order valence-electron chi connectivity index (χ4n) is 5.91. The van der Waals surface area contributed by atoms with Gasteiger partial charge in [0.15, 0.2) is 0 Å². The highest BCUT2D eigenvalue weighted by atomic mass is 31.2. The van der Waals surface area contributed by atoms with Gasteiger partial charge in [0.1, 0.15) is 6.73 Å². The Labute approximate surface area is 298 Å². The second-order valence-electron chi connectivity index (χ2n) is 11.9. The first-order chi connectivity index (χ1) is 25.0. The Bertz CT molecular complexity index is 2130. The van der Waals surface area contributed by atoms with Crippen LogP contribution in [0.1, 0.15) is 11.4 Å². The summed E-state index contributed by atoms with van der Waals surface area (Å²) in [4.78, 5) is 9.59. The first-order valence-electron chi connectivity index (χ1n) is 16.6. The van der Waals surface area contributed by atoms with Gasteiger partial charge in [-0.1, -0.05) is 140 Å². The summed E-state index contributed by atoms with van der Waals surface area (Å²) in [6.45, 7) is 3.57. The number of phosphoric ester groups is 1. The summed E-state index contributed by atoms with van der Waals surface area (Å²) < 4.78 is 34.3. The average Bonchev–Trinajstić information content (AvgIpc) is 3.16. The van der Waals surface area contributed by atoms with Crippen molar-refractivity contribution < 1.29 is 18.1 Å². The molecule has 0 unspecified atom stereocenters. The number of nitrogens with zero attached hydrogens (tertiary/aromatic N) is 2. The summed E-state index contributed by atoms with van der Waals surface area (Å²) in [7, 11) is -4.54. The molecule has 0 radical (unpaired) electrons. The molecule has 0 saturated heterocycles. The molecule has 7 nitrogen and oxygen atoms in total. The molecule has 0 aliphatic carbocycles.